The Balaban J connectivity index is 1.77. The molecule has 1 aromatic heterocycles. The first-order chi connectivity index (χ1) is 17.8. The zero-order valence-corrected chi connectivity index (χ0v) is 22.8. The molecule has 37 heavy (non-hydrogen) atoms. The number of allylic oxidation sites excluding steroid dienone is 1. The fourth-order valence-electron chi connectivity index (χ4n) is 5.37. The number of hydrogen-bond donors (Lipinski definition) is 0. The van der Waals surface area contributed by atoms with Crippen molar-refractivity contribution in [3.05, 3.63) is 87.3 Å². The van der Waals surface area contributed by atoms with Crippen LogP contribution in [0.1, 0.15) is 40.5 Å². The number of thiophene rings is 1. The second-order valence-electron chi connectivity index (χ2n) is 9.15. The lowest BCUT2D eigenvalue weighted by Crippen LogP contribution is -2.43. The summed E-state index contributed by atoms with van der Waals surface area (Å²) in [5, 5.41) is 1.99. The summed E-state index contributed by atoms with van der Waals surface area (Å²) < 4.78 is 46.3. The molecule has 0 saturated heterocycles. The van der Waals surface area contributed by atoms with Crippen LogP contribution in [0.4, 0.5) is 0 Å². The van der Waals surface area contributed by atoms with Gasteiger partial charge in [0.05, 0.1) is 31.8 Å². The Bertz CT molecular complexity index is 1440. The van der Waals surface area contributed by atoms with Gasteiger partial charge in [0.2, 0.25) is 0 Å². The van der Waals surface area contributed by atoms with Crippen LogP contribution in [0, 0.1) is 12.8 Å². The lowest BCUT2D eigenvalue weighted by molar-refractivity contribution is -0.140. The van der Waals surface area contributed by atoms with E-state index in [0.29, 0.717) is 17.9 Å². The second-order valence-corrected chi connectivity index (χ2v) is 11.9. The summed E-state index contributed by atoms with van der Waals surface area (Å²) in [6.07, 6.45) is 2.40. The number of methoxy groups -OCH3 is 2. The molecule has 3 atom stereocenters. The van der Waals surface area contributed by atoms with Gasteiger partial charge >= 0.3 is 5.97 Å². The van der Waals surface area contributed by atoms with Crippen LogP contribution in [-0.4, -0.2) is 39.5 Å². The highest BCUT2D eigenvalue weighted by Gasteiger charge is 2.51. The highest BCUT2D eigenvalue weighted by atomic mass is 32.2. The largest absolute Gasteiger partial charge is 0.493 e. The number of benzene rings is 2. The van der Waals surface area contributed by atoms with E-state index in [-0.39, 0.29) is 29.0 Å². The smallest absolute Gasteiger partial charge is 0.355 e. The lowest BCUT2D eigenvalue weighted by atomic mass is 9.82. The Kier molecular flexibility index (Phi) is 6.76. The molecule has 0 fully saturated rings. The quantitative estimate of drug-likeness (QED) is 0.383. The van der Waals surface area contributed by atoms with Gasteiger partial charge in [-0.1, -0.05) is 23.8 Å². The van der Waals surface area contributed by atoms with Crippen molar-refractivity contribution in [2.24, 2.45) is 5.92 Å². The normalized spacial score (nSPS) is 20.6. The summed E-state index contributed by atoms with van der Waals surface area (Å²) in [4.78, 5) is 14.5. The van der Waals surface area contributed by atoms with E-state index in [2.05, 4.69) is 0 Å². The zero-order valence-electron chi connectivity index (χ0n) is 21.1. The molecule has 7 nitrogen and oxygen atoms in total. The maximum Gasteiger partial charge on any atom is 0.355 e. The molecule has 0 radical (unpaired) electrons. The van der Waals surface area contributed by atoms with Crippen molar-refractivity contribution in [3.8, 4) is 11.5 Å². The monoisotopic (exact) mass is 539 g/mol. The number of esters is 1. The highest BCUT2D eigenvalue weighted by molar-refractivity contribution is 7.89. The fourth-order valence-corrected chi connectivity index (χ4v) is 7.91. The molecule has 2 aliphatic rings. The molecule has 3 aromatic rings. The van der Waals surface area contributed by atoms with Crippen LogP contribution in [-0.2, 0) is 26.0 Å². The number of rotatable bonds is 7. The van der Waals surface area contributed by atoms with Crippen molar-refractivity contribution in [1.82, 2.24) is 4.31 Å². The molecule has 0 saturated carbocycles. The summed E-state index contributed by atoms with van der Waals surface area (Å²) >= 11 is 1.59. The standard InChI is InChI=1S/C28H29NO6S2/c1-5-35-28(30)23-15-21(26-7-6-12-36-26)22-13-18-14-24(33-3)25(34-4)16-20(18)27(22)29(23)37(31,32)19-10-8-17(2)9-11-19/h6-12,14-16,21-22,27H,5,13H2,1-4H3/t21-,22+,27+/m0/s1. The van der Waals surface area contributed by atoms with Gasteiger partial charge < -0.3 is 14.2 Å². The van der Waals surface area contributed by atoms with Crippen molar-refractivity contribution in [1.29, 1.82) is 0 Å². The van der Waals surface area contributed by atoms with Crippen molar-refractivity contribution in [2.75, 3.05) is 20.8 Å². The number of carbonyl (C=O) groups excluding carboxylic acids is 1. The van der Waals surface area contributed by atoms with Crippen LogP contribution < -0.4 is 9.47 Å². The molecule has 1 aliphatic heterocycles. The van der Waals surface area contributed by atoms with E-state index < -0.39 is 22.0 Å². The predicted octanol–water partition coefficient (Wildman–Crippen LogP) is 5.22. The van der Waals surface area contributed by atoms with Crippen LogP contribution in [0.25, 0.3) is 0 Å². The zero-order chi connectivity index (χ0) is 26.3. The number of ether oxygens (including phenoxy) is 3. The van der Waals surface area contributed by atoms with Gasteiger partial charge in [0, 0.05) is 10.8 Å². The second kappa shape index (κ2) is 9.87. The minimum atomic E-state index is -4.12. The first-order valence-corrected chi connectivity index (χ1v) is 14.4. The van der Waals surface area contributed by atoms with E-state index in [1.54, 1.807) is 62.8 Å². The van der Waals surface area contributed by atoms with Gasteiger partial charge in [-0.25, -0.2) is 13.2 Å². The molecule has 0 spiro atoms. The summed E-state index contributed by atoms with van der Waals surface area (Å²) in [6, 6.07) is 13.8. The van der Waals surface area contributed by atoms with Gasteiger partial charge in [-0.15, -0.1) is 11.3 Å². The van der Waals surface area contributed by atoms with Crippen molar-refractivity contribution >= 4 is 27.3 Å². The van der Waals surface area contributed by atoms with Gasteiger partial charge in [0.25, 0.3) is 10.0 Å². The van der Waals surface area contributed by atoms with Crippen LogP contribution in [0.2, 0.25) is 0 Å². The molecular weight excluding hydrogens is 510 g/mol. The van der Waals surface area contributed by atoms with Crippen LogP contribution in [0.3, 0.4) is 0 Å². The minimum absolute atomic E-state index is 0.0321. The molecule has 0 amide bonds. The summed E-state index contributed by atoms with van der Waals surface area (Å²) in [5.41, 5.74) is 2.74. The van der Waals surface area contributed by atoms with Gasteiger partial charge in [0.1, 0.15) is 5.70 Å². The maximum atomic E-state index is 14.3. The van der Waals surface area contributed by atoms with Crippen molar-refractivity contribution < 1.29 is 27.4 Å². The fraction of sp³-hybridized carbons (Fsp3) is 0.321. The van der Waals surface area contributed by atoms with Gasteiger partial charge in [-0.3, -0.25) is 4.31 Å². The molecular formula is C28H29NO6S2. The average molecular weight is 540 g/mol. The Morgan fingerprint density at radius 2 is 1.78 bits per heavy atom. The Morgan fingerprint density at radius 1 is 1.08 bits per heavy atom. The van der Waals surface area contributed by atoms with E-state index in [0.717, 1.165) is 21.6 Å². The van der Waals surface area contributed by atoms with E-state index in [4.69, 9.17) is 14.2 Å². The molecule has 0 unspecified atom stereocenters. The molecule has 0 N–H and O–H groups in total. The number of nitrogens with zero attached hydrogens (tertiary/aromatic N) is 1. The van der Waals surface area contributed by atoms with Crippen molar-refractivity contribution in [2.45, 2.75) is 37.1 Å². The first-order valence-electron chi connectivity index (χ1n) is 12.1. The van der Waals surface area contributed by atoms with Crippen molar-refractivity contribution in [3.63, 3.8) is 0 Å². The topological polar surface area (TPSA) is 82.1 Å². The molecule has 5 rings (SSSR count). The first kappa shape index (κ1) is 25.4. The molecule has 0 bridgehead atoms. The van der Waals surface area contributed by atoms with Crippen LogP contribution in [0.15, 0.2) is 70.6 Å². The Morgan fingerprint density at radius 3 is 2.41 bits per heavy atom. The molecule has 9 heteroatoms. The van der Waals surface area contributed by atoms with E-state index in [1.807, 2.05) is 36.6 Å². The molecule has 2 heterocycles. The predicted molar refractivity (Wildman–Crippen MR) is 141 cm³/mol. The molecule has 2 aromatic carbocycles. The SMILES string of the molecule is CCOC(=O)C1=C[C@H](c2cccs2)[C@H]2Cc3cc(OC)c(OC)cc3[C@H]2N1S(=O)(=O)c1ccc(C)cc1. The third-order valence-corrected chi connectivity index (χ3v) is 9.83. The molecule has 194 valence electrons. The van der Waals surface area contributed by atoms with Crippen LogP contribution in [0.5, 0.6) is 11.5 Å². The number of carbonyl (C=O) groups is 1. The summed E-state index contributed by atoms with van der Waals surface area (Å²) in [5.74, 6) is 0.128. The van der Waals surface area contributed by atoms with Gasteiger partial charge in [0.15, 0.2) is 11.5 Å². The van der Waals surface area contributed by atoms with Gasteiger partial charge in [-0.05, 0) is 79.1 Å². The third kappa shape index (κ3) is 4.30. The van der Waals surface area contributed by atoms with E-state index >= 15 is 0 Å². The number of aryl methyl sites for hydroxylation is 1. The highest BCUT2D eigenvalue weighted by Crippen LogP contribution is 2.55. The summed E-state index contributed by atoms with van der Waals surface area (Å²) in [6.45, 7) is 3.74. The minimum Gasteiger partial charge on any atom is -0.493 e. The summed E-state index contributed by atoms with van der Waals surface area (Å²) in [7, 11) is -0.989. The Hall–Kier alpha value is -3.30. The number of hydrogen-bond acceptors (Lipinski definition) is 7. The van der Waals surface area contributed by atoms with E-state index in [1.165, 1.54) is 4.31 Å². The maximum absolute atomic E-state index is 14.3. The van der Waals surface area contributed by atoms with Crippen LogP contribution >= 0.6 is 11.3 Å². The van der Waals surface area contributed by atoms with Gasteiger partial charge in [-0.2, -0.15) is 0 Å². The lowest BCUT2D eigenvalue weighted by Gasteiger charge is -2.41. The molecule has 1 aliphatic carbocycles. The number of fused-ring (bicyclic) bond motifs is 3. The third-order valence-electron chi connectivity index (χ3n) is 7.05. The average Bonchev–Trinajstić information content (AvgIpc) is 3.55. The Labute approximate surface area is 221 Å². The van der Waals surface area contributed by atoms with E-state index in [9.17, 15) is 13.2 Å². The number of sulfonamides is 1.